The minimum atomic E-state index is -0.0881. The van der Waals surface area contributed by atoms with Crippen LogP contribution in [-0.2, 0) is 7.05 Å². The average Bonchev–Trinajstić information content (AvgIpc) is 2.72. The first-order valence-corrected chi connectivity index (χ1v) is 9.39. The van der Waals surface area contributed by atoms with E-state index in [2.05, 4.69) is 20.4 Å². The van der Waals surface area contributed by atoms with E-state index in [1.807, 2.05) is 12.1 Å². The second-order valence-electron chi connectivity index (χ2n) is 7.11. The molecule has 0 spiro atoms. The van der Waals surface area contributed by atoms with Gasteiger partial charge in [-0.2, -0.15) is 5.10 Å². The van der Waals surface area contributed by atoms with Crippen molar-refractivity contribution in [2.45, 2.75) is 37.8 Å². The Hall–Kier alpha value is -3.29. The van der Waals surface area contributed by atoms with Gasteiger partial charge in [0.25, 0.3) is 11.1 Å². The van der Waals surface area contributed by atoms with Gasteiger partial charge in [0.2, 0.25) is 0 Å². The Kier molecular flexibility index (Phi) is 5.01. The first-order chi connectivity index (χ1) is 13.6. The molecule has 0 atom stereocenters. The molecule has 8 heteroatoms. The number of nitrogens with one attached hydrogen (secondary N) is 1. The van der Waals surface area contributed by atoms with Gasteiger partial charge in [0, 0.05) is 43.2 Å². The molecule has 0 saturated heterocycles. The van der Waals surface area contributed by atoms with Crippen molar-refractivity contribution in [1.29, 1.82) is 0 Å². The standard InChI is InChI=1S/C20H22N6O2/c1-25-13-22-18(12-20(25)28)23-15-2-4-16(5-3-15)26-19(27)7-6-17(24-26)14-8-10-21-11-9-14/h6-13,15-16,23H,2-5H2,1H3. The number of rotatable bonds is 4. The van der Waals surface area contributed by atoms with Crippen molar-refractivity contribution >= 4 is 5.82 Å². The smallest absolute Gasteiger partial charge is 0.267 e. The van der Waals surface area contributed by atoms with Crippen LogP contribution in [0.1, 0.15) is 31.7 Å². The van der Waals surface area contributed by atoms with Crippen LogP contribution in [0.2, 0.25) is 0 Å². The summed E-state index contributed by atoms with van der Waals surface area (Å²) >= 11 is 0. The molecule has 1 fully saturated rings. The minimum absolute atomic E-state index is 0.0731. The van der Waals surface area contributed by atoms with Crippen LogP contribution in [0.5, 0.6) is 0 Å². The van der Waals surface area contributed by atoms with Crippen LogP contribution in [0.3, 0.4) is 0 Å². The van der Waals surface area contributed by atoms with Crippen molar-refractivity contribution < 1.29 is 0 Å². The summed E-state index contributed by atoms with van der Waals surface area (Å²) < 4.78 is 3.05. The maximum Gasteiger partial charge on any atom is 0.267 e. The lowest BCUT2D eigenvalue weighted by molar-refractivity contribution is 0.304. The van der Waals surface area contributed by atoms with E-state index in [1.165, 1.54) is 17.0 Å². The number of hydrogen-bond donors (Lipinski definition) is 1. The van der Waals surface area contributed by atoms with Crippen molar-refractivity contribution in [1.82, 2.24) is 24.3 Å². The number of aromatic nitrogens is 5. The molecular formula is C20H22N6O2. The predicted molar refractivity (Wildman–Crippen MR) is 106 cm³/mol. The summed E-state index contributed by atoms with van der Waals surface area (Å²) in [6.45, 7) is 0. The summed E-state index contributed by atoms with van der Waals surface area (Å²) in [5, 5.41) is 7.93. The molecule has 1 saturated carbocycles. The molecule has 1 aliphatic rings. The van der Waals surface area contributed by atoms with Crippen LogP contribution >= 0.6 is 0 Å². The van der Waals surface area contributed by atoms with E-state index in [0.29, 0.717) is 5.82 Å². The molecular weight excluding hydrogens is 356 g/mol. The molecule has 0 aromatic carbocycles. The molecule has 8 nitrogen and oxygen atoms in total. The van der Waals surface area contributed by atoms with Crippen LogP contribution in [-0.4, -0.2) is 30.4 Å². The number of anilines is 1. The molecule has 144 valence electrons. The van der Waals surface area contributed by atoms with E-state index >= 15 is 0 Å². The van der Waals surface area contributed by atoms with Gasteiger partial charge in [0.05, 0.1) is 18.1 Å². The van der Waals surface area contributed by atoms with Gasteiger partial charge < -0.3 is 9.88 Å². The molecule has 3 aromatic rings. The summed E-state index contributed by atoms with van der Waals surface area (Å²) in [6.07, 6.45) is 8.40. The summed E-state index contributed by atoms with van der Waals surface area (Å²) in [5.41, 5.74) is 1.54. The molecule has 1 N–H and O–H groups in total. The van der Waals surface area contributed by atoms with Gasteiger partial charge in [-0.1, -0.05) is 0 Å². The van der Waals surface area contributed by atoms with Crippen LogP contribution in [0, 0.1) is 0 Å². The van der Waals surface area contributed by atoms with Gasteiger partial charge >= 0.3 is 0 Å². The molecule has 28 heavy (non-hydrogen) atoms. The molecule has 0 aliphatic heterocycles. The fraction of sp³-hybridized carbons (Fsp3) is 0.350. The third kappa shape index (κ3) is 3.85. The van der Waals surface area contributed by atoms with Crippen molar-refractivity contribution in [2.75, 3.05) is 5.32 Å². The summed E-state index contributed by atoms with van der Waals surface area (Å²) in [6, 6.07) is 8.92. The topological polar surface area (TPSA) is 94.7 Å². The SMILES string of the molecule is Cn1cnc(NC2CCC(n3nc(-c4ccncc4)ccc3=O)CC2)cc1=O. The highest BCUT2D eigenvalue weighted by Gasteiger charge is 2.24. The fourth-order valence-electron chi connectivity index (χ4n) is 3.58. The summed E-state index contributed by atoms with van der Waals surface area (Å²) in [4.78, 5) is 32.4. The number of aryl methyl sites for hydroxylation is 1. The van der Waals surface area contributed by atoms with Gasteiger partial charge in [-0.05, 0) is 43.9 Å². The maximum absolute atomic E-state index is 12.4. The number of pyridine rings is 1. The largest absolute Gasteiger partial charge is 0.367 e. The normalized spacial score (nSPS) is 19.3. The van der Waals surface area contributed by atoms with Gasteiger partial charge in [-0.3, -0.25) is 14.6 Å². The van der Waals surface area contributed by atoms with E-state index in [0.717, 1.165) is 36.9 Å². The minimum Gasteiger partial charge on any atom is -0.367 e. The molecule has 0 amide bonds. The second kappa shape index (κ2) is 7.75. The number of nitrogens with zero attached hydrogens (tertiary/aromatic N) is 5. The van der Waals surface area contributed by atoms with Gasteiger partial charge in [0.15, 0.2) is 0 Å². The third-order valence-electron chi connectivity index (χ3n) is 5.17. The maximum atomic E-state index is 12.4. The summed E-state index contributed by atoms with van der Waals surface area (Å²) in [7, 11) is 1.68. The third-order valence-corrected chi connectivity index (χ3v) is 5.17. The molecule has 4 rings (SSSR count). The number of hydrogen-bond acceptors (Lipinski definition) is 6. The van der Waals surface area contributed by atoms with Crippen molar-refractivity contribution in [3.63, 3.8) is 0 Å². The van der Waals surface area contributed by atoms with Crippen LogP contribution in [0.25, 0.3) is 11.3 Å². The fourth-order valence-corrected chi connectivity index (χ4v) is 3.58. The highest BCUT2D eigenvalue weighted by atomic mass is 16.1. The van der Waals surface area contributed by atoms with Crippen molar-refractivity contribution in [3.8, 4) is 11.3 Å². The van der Waals surface area contributed by atoms with Crippen LogP contribution in [0.4, 0.5) is 5.82 Å². The zero-order valence-electron chi connectivity index (χ0n) is 15.7. The molecule has 1 aliphatic carbocycles. The molecule has 3 heterocycles. The van der Waals surface area contributed by atoms with Gasteiger partial charge in [-0.15, -0.1) is 0 Å². The van der Waals surface area contributed by atoms with E-state index < -0.39 is 0 Å². The lowest BCUT2D eigenvalue weighted by atomic mass is 9.91. The lowest BCUT2D eigenvalue weighted by Gasteiger charge is -2.30. The Bertz CT molecular complexity index is 1070. The first-order valence-electron chi connectivity index (χ1n) is 9.39. The monoisotopic (exact) mass is 378 g/mol. The Morgan fingerprint density at radius 2 is 1.75 bits per heavy atom. The second-order valence-corrected chi connectivity index (χ2v) is 7.11. The van der Waals surface area contributed by atoms with Crippen LogP contribution in [0.15, 0.2) is 58.6 Å². The molecule has 3 aromatic heterocycles. The molecule has 0 bridgehead atoms. The Labute approximate surface area is 161 Å². The Morgan fingerprint density at radius 1 is 1.00 bits per heavy atom. The molecule has 0 radical (unpaired) electrons. The van der Waals surface area contributed by atoms with Gasteiger partial charge in [-0.25, -0.2) is 9.67 Å². The predicted octanol–water partition coefficient (Wildman–Crippen LogP) is 1.99. The first kappa shape index (κ1) is 18.1. The lowest BCUT2D eigenvalue weighted by Crippen LogP contribution is -2.33. The average molecular weight is 378 g/mol. The van der Waals surface area contributed by atoms with E-state index in [1.54, 1.807) is 36.3 Å². The quantitative estimate of drug-likeness (QED) is 0.746. The van der Waals surface area contributed by atoms with E-state index in [4.69, 9.17) is 0 Å². The Morgan fingerprint density at radius 3 is 2.46 bits per heavy atom. The highest BCUT2D eigenvalue weighted by Crippen LogP contribution is 2.29. The highest BCUT2D eigenvalue weighted by molar-refractivity contribution is 5.57. The van der Waals surface area contributed by atoms with E-state index in [9.17, 15) is 9.59 Å². The van der Waals surface area contributed by atoms with Crippen molar-refractivity contribution in [2.24, 2.45) is 7.05 Å². The summed E-state index contributed by atoms with van der Waals surface area (Å²) in [5.74, 6) is 0.599. The molecule has 0 unspecified atom stereocenters. The van der Waals surface area contributed by atoms with E-state index in [-0.39, 0.29) is 23.2 Å². The zero-order valence-corrected chi connectivity index (χ0v) is 15.7. The Balaban J connectivity index is 1.45. The zero-order chi connectivity index (χ0) is 19.5. The van der Waals surface area contributed by atoms with Crippen LogP contribution < -0.4 is 16.4 Å². The van der Waals surface area contributed by atoms with Crippen molar-refractivity contribution in [3.05, 3.63) is 69.8 Å². The van der Waals surface area contributed by atoms with Gasteiger partial charge in [0.1, 0.15) is 5.82 Å².